The molecule has 0 spiro atoms. The Bertz CT molecular complexity index is 840. The highest BCUT2D eigenvalue weighted by molar-refractivity contribution is 5.84. The van der Waals surface area contributed by atoms with Crippen molar-refractivity contribution < 1.29 is 14.3 Å². The lowest BCUT2D eigenvalue weighted by Gasteiger charge is -2.22. The van der Waals surface area contributed by atoms with E-state index in [1.807, 2.05) is 55.3 Å². The zero-order valence-corrected chi connectivity index (χ0v) is 19.0. The fraction of sp³-hybridized carbons (Fsp3) is 0.417. The fourth-order valence-corrected chi connectivity index (χ4v) is 3.10. The number of nitrogens with one attached hydrogen (secondary N) is 2. The number of hydrogen-bond acceptors (Lipinski definition) is 4. The number of ether oxygens (including phenoxy) is 2. The summed E-state index contributed by atoms with van der Waals surface area (Å²) in [5.74, 6) is 2.06. The molecule has 0 radical (unpaired) electrons. The smallest absolute Gasteiger partial charge is 0.241 e. The van der Waals surface area contributed by atoms with Gasteiger partial charge in [0.25, 0.3) is 0 Å². The zero-order valence-electron chi connectivity index (χ0n) is 19.0. The lowest BCUT2D eigenvalue weighted by atomic mass is 10.1. The molecule has 0 aliphatic rings. The molecule has 2 aromatic rings. The highest BCUT2D eigenvalue weighted by Crippen LogP contribution is 2.27. The highest BCUT2D eigenvalue weighted by Gasteiger charge is 2.09. The van der Waals surface area contributed by atoms with Crippen molar-refractivity contribution in [2.45, 2.75) is 19.8 Å². The molecule has 2 aromatic carbocycles. The van der Waals surface area contributed by atoms with E-state index in [0.29, 0.717) is 18.3 Å². The molecule has 1 amide bonds. The van der Waals surface area contributed by atoms with Crippen LogP contribution in [0.5, 0.6) is 11.5 Å². The van der Waals surface area contributed by atoms with Gasteiger partial charge in [-0.2, -0.15) is 0 Å². The Balaban J connectivity index is 1.85. The Labute approximate surface area is 185 Å². The van der Waals surface area contributed by atoms with Gasteiger partial charge in [0.05, 0.1) is 14.2 Å². The van der Waals surface area contributed by atoms with Gasteiger partial charge in [-0.25, -0.2) is 4.99 Å². The Morgan fingerprint density at radius 2 is 1.71 bits per heavy atom. The Morgan fingerprint density at radius 1 is 0.968 bits per heavy atom. The number of carbonyl (C=O) groups is 1. The molecule has 0 bridgehead atoms. The predicted molar refractivity (Wildman–Crippen MR) is 125 cm³/mol. The minimum atomic E-state index is -0.0837. The number of nitrogens with zero attached hydrogens (tertiary/aromatic N) is 2. The van der Waals surface area contributed by atoms with Gasteiger partial charge < -0.3 is 25.0 Å². The van der Waals surface area contributed by atoms with E-state index in [1.54, 1.807) is 14.2 Å². The van der Waals surface area contributed by atoms with E-state index >= 15 is 0 Å². The summed E-state index contributed by atoms with van der Waals surface area (Å²) in [6.45, 7) is 4.19. The summed E-state index contributed by atoms with van der Waals surface area (Å²) in [4.78, 5) is 18.7. The van der Waals surface area contributed by atoms with Crippen LogP contribution in [-0.2, 0) is 17.6 Å². The summed E-state index contributed by atoms with van der Waals surface area (Å²) < 4.78 is 10.7. The molecule has 0 saturated carbocycles. The summed E-state index contributed by atoms with van der Waals surface area (Å²) in [6, 6.07) is 16.0. The average Bonchev–Trinajstić information content (AvgIpc) is 2.80. The second-order valence-corrected chi connectivity index (χ2v) is 7.12. The van der Waals surface area contributed by atoms with Crippen LogP contribution in [0.2, 0.25) is 0 Å². The van der Waals surface area contributed by atoms with Gasteiger partial charge in [-0.15, -0.1) is 0 Å². The van der Waals surface area contributed by atoms with Crippen LogP contribution in [-0.4, -0.2) is 64.2 Å². The van der Waals surface area contributed by atoms with Crippen molar-refractivity contribution in [1.82, 2.24) is 15.5 Å². The average molecular weight is 427 g/mol. The molecule has 0 atom stereocenters. The maximum absolute atomic E-state index is 12.2. The maximum Gasteiger partial charge on any atom is 0.241 e. The second-order valence-electron chi connectivity index (χ2n) is 7.12. The minimum Gasteiger partial charge on any atom is -0.493 e. The Morgan fingerprint density at radius 3 is 2.39 bits per heavy atom. The third-order valence-electron chi connectivity index (χ3n) is 4.83. The first kappa shape index (κ1) is 24.1. The first-order valence-electron chi connectivity index (χ1n) is 10.6. The van der Waals surface area contributed by atoms with E-state index in [9.17, 15) is 4.79 Å². The van der Waals surface area contributed by atoms with Gasteiger partial charge in [-0.1, -0.05) is 36.4 Å². The summed E-state index contributed by atoms with van der Waals surface area (Å²) in [6.07, 6.45) is 1.62. The molecular formula is C24H34N4O3. The molecule has 31 heavy (non-hydrogen) atoms. The first-order valence-corrected chi connectivity index (χ1v) is 10.6. The van der Waals surface area contributed by atoms with Gasteiger partial charge in [0.15, 0.2) is 17.5 Å². The molecule has 168 valence electrons. The number of guanidine groups is 1. The third-order valence-corrected chi connectivity index (χ3v) is 4.83. The molecule has 7 heteroatoms. The quantitative estimate of drug-likeness (QED) is 0.427. The van der Waals surface area contributed by atoms with E-state index in [0.717, 1.165) is 37.2 Å². The standard InChI is InChI=1S/C24H34N4O3/c1-5-25-24(27-18-23(29)26-15-13-19-9-7-6-8-10-19)28(2)16-14-20-11-12-21(30-3)22(17-20)31-4/h6-12,17H,5,13-16,18H2,1-4H3,(H,25,27)(H,26,29). The maximum atomic E-state index is 12.2. The first-order chi connectivity index (χ1) is 15.1. The number of hydrogen-bond donors (Lipinski definition) is 2. The molecule has 2 N–H and O–H groups in total. The van der Waals surface area contributed by atoms with Crippen LogP contribution in [0, 0.1) is 0 Å². The second kappa shape index (κ2) is 13.2. The van der Waals surface area contributed by atoms with Gasteiger partial charge in [-0.05, 0) is 43.0 Å². The van der Waals surface area contributed by atoms with Gasteiger partial charge in [0.1, 0.15) is 6.54 Å². The van der Waals surface area contributed by atoms with Gasteiger partial charge in [0.2, 0.25) is 5.91 Å². The van der Waals surface area contributed by atoms with Crippen molar-refractivity contribution in [3.05, 3.63) is 59.7 Å². The molecule has 0 aliphatic heterocycles. The number of carbonyl (C=O) groups excluding carboxylic acids is 1. The number of aliphatic imine (C=N–C) groups is 1. The predicted octanol–water partition coefficient (Wildman–Crippen LogP) is 2.50. The van der Waals surface area contributed by atoms with Crippen molar-refractivity contribution in [3.8, 4) is 11.5 Å². The van der Waals surface area contributed by atoms with Crippen molar-refractivity contribution in [1.29, 1.82) is 0 Å². The summed E-state index contributed by atoms with van der Waals surface area (Å²) in [5, 5.41) is 6.18. The molecule has 0 aromatic heterocycles. The zero-order chi connectivity index (χ0) is 22.5. The highest BCUT2D eigenvalue weighted by atomic mass is 16.5. The largest absolute Gasteiger partial charge is 0.493 e. The van der Waals surface area contributed by atoms with Crippen LogP contribution in [0.3, 0.4) is 0 Å². The number of benzene rings is 2. The lowest BCUT2D eigenvalue weighted by molar-refractivity contribution is -0.119. The number of methoxy groups -OCH3 is 2. The number of amides is 1. The Hall–Kier alpha value is -3.22. The summed E-state index contributed by atoms with van der Waals surface area (Å²) >= 11 is 0. The van der Waals surface area contributed by atoms with Crippen molar-refractivity contribution in [2.75, 3.05) is 47.4 Å². The van der Waals surface area contributed by atoms with Crippen molar-refractivity contribution >= 4 is 11.9 Å². The Kier molecular flexibility index (Phi) is 10.2. The van der Waals surface area contributed by atoms with Gasteiger partial charge >= 0.3 is 0 Å². The SMILES string of the molecule is CCNC(=NCC(=O)NCCc1ccccc1)N(C)CCc1ccc(OC)c(OC)c1. The number of rotatable bonds is 11. The van der Waals surface area contributed by atoms with Crippen LogP contribution in [0.15, 0.2) is 53.5 Å². The number of likely N-dealkylation sites (N-methyl/N-ethyl adjacent to an activating group) is 1. The monoisotopic (exact) mass is 426 g/mol. The van der Waals surface area contributed by atoms with Gasteiger partial charge in [0, 0.05) is 26.7 Å². The van der Waals surface area contributed by atoms with Crippen LogP contribution in [0.1, 0.15) is 18.1 Å². The summed E-state index contributed by atoms with van der Waals surface area (Å²) in [7, 11) is 5.23. The molecule has 7 nitrogen and oxygen atoms in total. The molecule has 2 rings (SSSR count). The van der Waals surface area contributed by atoms with Crippen molar-refractivity contribution in [2.24, 2.45) is 4.99 Å². The molecule has 0 aliphatic carbocycles. The van der Waals surface area contributed by atoms with E-state index in [-0.39, 0.29) is 12.5 Å². The topological polar surface area (TPSA) is 75.2 Å². The molecular weight excluding hydrogens is 392 g/mol. The normalized spacial score (nSPS) is 11.0. The lowest BCUT2D eigenvalue weighted by Crippen LogP contribution is -2.41. The van der Waals surface area contributed by atoms with Crippen LogP contribution < -0.4 is 20.1 Å². The minimum absolute atomic E-state index is 0.0837. The molecule has 0 unspecified atom stereocenters. The third kappa shape index (κ3) is 8.20. The molecule has 0 saturated heterocycles. The van der Waals surface area contributed by atoms with Crippen LogP contribution >= 0.6 is 0 Å². The van der Waals surface area contributed by atoms with Gasteiger partial charge in [-0.3, -0.25) is 4.79 Å². The van der Waals surface area contributed by atoms with Crippen molar-refractivity contribution in [3.63, 3.8) is 0 Å². The van der Waals surface area contributed by atoms with E-state index in [1.165, 1.54) is 5.56 Å². The van der Waals surface area contributed by atoms with E-state index in [4.69, 9.17) is 9.47 Å². The molecule has 0 fully saturated rings. The fourth-order valence-electron chi connectivity index (χ4n) is 3.10. The molecule has 0 heterocycles. The van der Waals surface area contributed by atoms with E-state index in [2.05, 4.69) is 27.8 Å². The summed E-state index contributed by atoms with van der Waals surface area (Å²) in [5.41, 5.74) is 2.34. The van der Waals surface area contributed by atoms with Crippen LogP contribution in [0.25, 0.3) is 0 Å². The van der Waals surface area contributed by atoms with E-state index < -0.39 is 0 Å². The van der Waals surface area contributed by atoms with Crippen LogP contribution in [0.4, 0.5) is 0 Å².